The summed E-state index contributed by atoms with van der Waals surface area (Å²) in [5.74, 6) is 0.748. The highest BCUT2D eigenvalue weighted by molar-refractivity contribution is 7.84. The van der Waals surface area contributed by atoms with Crippen molar-refractivity contribution in [2.75, 3.05) is 5.75 Å². The van der Waals surface area contributed by atoms with E-state index in [9.17, 15) is 8.60 Å². The normalized spacial score (nSPS) is 14.0. The van der Waals surface area contributed by atoms with Gasteiger partial charge in [-0.15, -0.1) is 0 Å². The van der Waals surface area contributed by atoms with Gasteiger partial charge in [0.05, 0.1) is 17.4 Å². The molecule has 0 saturated heterocycles. The molecule has 17 heavy (non-hydrogen) atoms. The van der Waals surface area contributed by atoms with Gasteiger partial charge in [-0.1, -0.05) is 20.3 Å². The second kappa shape index (κ2) is 6.51. The van der Waals surface area contributed by atoms with Crippen LogP contribution in [0.25, 0.3) is 0 Å². The van der Waals surface area contributed by atoms with Crippen LogP contribution in [0.4, 0.5) is 4.39 Å². The van der Waals surface area contributed by atoms with Gasteiger partial charge in [-0.3, -0.25) is 4.21 Å². The van der Waals surface area contributed by atoms with Gasteiger partial charge in [0.1, 0.15) is 5.82 Å². The molecule has 0 fully saturated rings. The van der Waals surface area contributed by atoms with Gasteiger partial charge in [0, 0.05) is 22.1 Å². The van der Waals surface area contributed by atoms with Gasteiger partial charge >= 0.3 is 0 Å². The minimum atomic E-state index is -1.07. The summed E-state index contributed by atoms with van der Waals surface area (Å²) in [7, 11) is -1.07. The van der Waals surface area contributed by atoms with Gasteiger partial charge in [0.2, 0.25) is 0 Å². The second-order valence-electron chi connectivity index (χ2n) is 4.18. The molecule has 92 valence electrons. The van der Waals surface area contributed by atoms with E-state index in [1.54, 1.807) is 0 Å². The number of nitrogens with zero attached hydrogens (tertiary/aromatic N) is 1. The molecule has 0 aliphatic heterocycles. The first kappa shape index (κ1) is 13.9. The fourth-order valence-electron chi connectivity index (χ4n) is 1.42. The van der Waals surface area contributed by atoms with Crippen molar-refractivity contribution in [2.45, 2.75) is 26.0 Å². The van der Waals surface area contributed by atoms with E-state index in [-0.39, 0.29) is 11.6 Å². The summed E-state index contributed by atoms with van der Waals surface area (Å²) in [6, 6.07) is 6.12. The number of halogens is 1. The van der Waals surface area contributed by atoms with Crippen molar-refractivity contribution in [2.24, 2.45) is 5.92 Å². The van der Waals surface area contributed by atoms with E-state index in [4.69, 9.17) is 5.26 Å². The lowest BCUT2D eigenvalue weighted by molar-refractivity contribution is 0.606. The molecule has 0 spiro atoms. The third kappa shape index (κ3) is 4.27. The predicted octanol–water partition coefficient (Wildman–Crippen LogP) is 2.99. The first-order valence-electron chi connectivity index (χ1n) is 5.60. The Morgan fingerprint density at radius 2 is 2.24 bits per heavy atom. The van der Waals surface area contributed by atoms with Crippen LogP contribution in [0, 0.1) is 23.1 Å². The van der Waals surface area contributed by atoms with Gasteiger partial charge in [-0.2, -0.15) is 5.26 Å². The first-order chi connectivity index (χ1) is 8.06. The van der Waals surface area contributed by atoms with Crippen LogP contribution in [0.3, 0.4) is 0 Å². The number of rotatable bonds is 5. The third-order valence-electron chi connectivity index (χ3n) is 2.66. The molecule has 0 aliphatic rings. The summed E-state index contributed by atoms with van der Waals surface area (Å²) in [6.45, 7) is 4.07. The fourth-order valence-corrected chi connectivity index (χ4v) is 2.98. The monoisotopic (exact) mass is 253 g/mol. The van der Waals surface area contributed by atoms with E-state index in [2.05, 4.69) is 0 Å². The van der Waals surface area contributed by atoms with Gasteiger partial charge in [-0.25, -0.2) is 4.39 Å². The lowest BCUT2D eigenvalue weighted by Crippen LogP contribution is -2.09. The van der Waals surface area contributed by atoms with Crippen molar-refractivity contribution in [3.63, 3.8) is 0 Å². The van der Waals surface area contributed by atoms with Crippen LogP contribution in [0.1, 0.15) is 31.4 Å². The molecule has 1 rings (SSSR count). The lowest BCUT2D eigenvalue weighted by atomic mass is 10.1. The van der Waals surface area contributed by atoms with E-state index < -0.39 is 10.8 Å². The fraction of sp³-hybridized carbons (Fsp3) is 0.462. The zero-order chi connectivity index (χ0) is 12.8. The van der Waals surface area contributed by atoms with Crippen LogP contribution in [0.2, 0.25) is 0 Å². The number of benzene rings is 1. The SMILES string of the molecule is CCC(C)CS(=O)Cc1cc(C#N)ccc1F. The summed E-state index contributed by atoms with van der Waals surface area (Å²) < 4.78 is 25.2. The molecule has 2 atom stereocenters. The number of hydrogen-bond donors (Lipinski definition) is 0. The molecule has 0 heterocycles. The molecule has 1 aromatic carbocycles. The van der Waals surface area contributed by atoms with Crippen molar-refractivity contribution >= 4 is 10.8 Å². The first-order valence-corrected chi connectivity index (χ1v) is 7.09. The van der Waals surface area contributed by atoms with E-state index in [1.165, 1.54) is 18.2 Å². The smallest absolute Gasteiger partial charge is 0.127 e. The summed E-state index contributed by atoms with van der Waals surface area (Å²) in [6.07, 6.45) is 0.965. The zero-order valence-corrected chi connectivity index (χ0v) is 10.9. The number of nitriles is 1. The molecule has 2 unspecified atom stereocenters. The Bertz CT molecular complexity index is 453. The third-order valence-corrected chi connectivity index (χ3v) is 4.23. The van der Waals surface area contributed by atoms with E-state index >= 15 is 0 Å². The highest BCUT2D eigenvalue weighted by Gasteiger charge is 2.10. The molecule has 0 radical (unpaired) electrons. The molecule has 0 N–H and O–H groups in total. The highest BCUT2D eigenvalue weighted by atomic mass is 32.2. The Morgan fingerprint density at radius 1 is 1.53 bits per heavy atom. The van der Waals surface area contributed by atoms with E-state index in [0.29, 0.717) is 22.8 Å². The molecule has 0 saturated carbocycles. The minimum Gasteiger partial charge on any atom is -0.259 e. The Labute approximate surface area is 104 Å². The van der Waals surface area contributed by atoms with Crippen molar-refractivity contribution < 1.29 is 8.60 Å². The largest absolute Gasteiger partial charge is 0.259 e. The van der Waals surface area contributed by atoms with Crippen LogP contribution >= 0.6 is 0 Å². The molecule has 1 aromatic rings. The average Bonchev–Trinajstić information content (AvgIpc) is 2.31. The molecule has 0 amide bonds. The second-order valence-corrected chi connectivity index (χ2v) is 5.68. The summed E-state index contributed by atoms with van der Waals surface area (Å²) in [4.78, 5) is 0. The van der Waals surface area contributed by atoms with Crippen LogP contribution in [0.5, 0.6) is 0 Å². The predicted molar refractivity (Wildman–Crippen MR) is 67.3 cm³/mol. The topological polar surface area (TPSA) is 40.9 Å². The van der Waals surface area contributed by atoms with Crippen molar-refractivity contribution in [3.05, 3.63) is 35.1 Å². The van der Waals surface area contributed by atoms with Gasteiger partial charge in [0.25, 0.3) is 0 Å². The molecule has 2 nitrogen and oxygen atoms in total. The maximum Gasteiger partial charge on any atom is 0.127 e. The maximum atomic E-state index is 13.4. The molecule has 0 aromatic heterocycles. The Balaban J connectivity index is 2.74. The Morgan fingerprint density at radius 3 is 2.82 bits per heavy atom. The summed E-state index contributed by atoms with van der Waals surface area (Å²) >= 11 is 0. The molecule has 0 aliphatic carbocycles. The van der Waals surface area contributed by atoms with E-state index in [0.717, 1.165) is 6.42 Å². The van der Waals surface area contributed by atoms with Gasteiger partial charge in [-0.05, 0) is 24.1 Å². The van der Waals surface area contributed by atoms with Crippen molar-refractivity contribution in [1.82, 2.24) is 0 Å². The average molecular weight is 253 g/mol. The van der Waals surface area contributed by atoms with Gasteiger partial charge in [0.15, 0.2) is 0 Å². The van der Waals surface area contributed by atoms with Crippen LogP contribution in [-0.2, 0) is 16.6 Å². The van der Waals surface area contributed by atoms with Crippen molar-refractivity contribution in [1.29, 1.82) is 5.26 Å². The molecular formula is C13H16FNOS. The zero-order valence-electron chi connectivity index (χ0n) is 10.1. The standard InChI is InChI=1S/C13H16FNOS/c1-3-10(2)8-17(16)9-12-6-11(7-15)4-5-13(12)14/h4-6,10H,3,8-9H2,1-2H3. The summed E-state index contributed by atoms with van der Waals surface area (Å²) in [5.41, 5.74) is 0.771. The molecule has 0 bridgehead atoms. The Kier molecular flexibility index (Phi) is 5.30. The lowest BCUT2D eigenvalue weighted by Gasteiger charge is -2.08. The molecule has 4 heteroatoms. The van der Waals surface area contributed by atoms with E-state index in [1.807, 2.05) is 19.9 Å². The highest BCUT2D eigenvalue weighted by Crippen LogP contribution is 2.14. The maximum absolute atomic E-state index is 13.4. The van der Waals surface area contributed by atoms with Crippen LogP contribution in [-0.4, -0.2) is 9.96 Å². The van der Waals surface area contributed by atoms with Gasteiger partial charge < -0.3 is 0 Å². The summed E-state index contributed by atoms with van der Waals surface area (Å²) in [5, 5.41) is 8.72. The quantitative estimate of drug-likeness (QED) is 0.809. The Hall–Kier alpha value is -1.21. The molecular weight excluding hydrogens is 237 g/mol. The number of hydrogen-bond acceptors (Lipinski definition) is 2. The van der Waals surface area contributed by atoms with Crippen molar-refractivity contribution in [3.8, 4) is 6.07 Å². The van der Waals surface area contributed by atoms with Crippen LogP contribution < -0.4 is 0 Å². The minimum absolute atomic E-state index is 0.186. The van der Waals surface area contributed by atoms with Crippen LogP contribution in [0.15, 0.2) is 18.2 Å².